The number of aliphatic imine (C=N–C) groups is 1. The summed E-state index contributed by atoms with van der Waals surface area (Å²) in [6.07, 6.45) is 1.79. The van der Waals surface area contributed by atoms with Crippen LogP contribution in [0.5, 0.6) is 0 Å². The number of nitrogens with zero attached hydrogens (tertiary/aromatic N) is 2. The van der Waals surface area contributed by atoms with E-state index in [4.69, 9.17) is 9.41 Å². The Morgan fingerprint density at radius 2 is 1.23 bits per heavy atom. The van der Waals surface area contributed by atoms with Crippen molar-refractivity contribution in [1.82, 2.24) is 10.4 Å². The summed E-state index contributed by atoms with van der Waals surface area (Å²) in [4.78, 5) is 5.15. The molecule has 1 saturated heterocycles. The second-order valence-electron chi connectivity index (χ2n) is 14.2. The molecule has 268 valence electrons. The lowest BCUT2D eigenvalue weighted by Crippen LogP contribution is -2.11. The van der Waals surface area contributed by atoms with Gasteiger partial charge in [-0.1, -0.05) is 170 Å². The van der Waals surface area contributed by atoms with Crippen molar-refractivity contribution in [3.05, 3.63) is 217 Å². The zero-order valence-corrected chi connectivity index (χ0v) is 30.6. The smallest absolute Gasteiger partial charge is 0.143 e. The molecule has 10 rings (SSSR count). The zero-order valence-electron chi connectivity index (χ0n) is 30.6. The Labute approximate surface area is 326 Å². The summed E-state index contributed by atoms with van der Waals surface area (Å²) in [5.41, 5.74) is 17.4. The molecule has 8 aromatic carbocycles. The van der Waals surface area contributed by atoms with Gasteiger partial charge < -0.3 is 9.73 Å². The second kappa shape index (κ2) is 14.6. The number of para-hydroxylation sites is 2. The van der Waals surface area contributed by atoms with Crippen LogP contribution in [0.1, 0.15) is 29.0 Å². The molecule has 0 aliphatic carbocycles. The number of nitrogens with one attached hydrogen (secondary N) is 2. The number of anilines is 2. The zero-order chi connectivity index (χ0) is 37.3. The van der Waals surface area contributed by atoms with Gasteiger partial charge in [0, 0.05) is 39.5 Å². The quantitative estimate of drug-likeness (QED) is 0.109. The van der Waals surface area contributed by atoms with Gasteiger partial charge in [-0.3, -0.25) is 4.99 Å². The minimum absolute atomic E-state index is 0.0758. The maximum Gasteiger partial charge on any atom is 0.143 e. The fourth-order valence-corrected chi connectivity index (χ4v) is 7.68. The number of hydrogen-bond donors (Lipinski definition) is 2. The van der Waals surface area contributed by atoms with Crippen molar-refractivity contribution in [2.45, 2.75) is 12.3 Å². The summed E-state index contributed by atoms with van der Waals surface area (Å²) >= 11 is 0. The molecule has 0 saturated carbocycles. The molecule has 0 bridgehead atoms. The summed E-state index contributed by atoms with van der Waals surface area (Å²) in [5.74, 6) is 0. The molecule has 3 unspecified atom stereocenters. The summed E-state index contributed by atoms with van der Waals surface area (Å²) in [6, 6.07) is 70.0. The molecule has 1 aromatic heterocycles. The van der Waals surface area contributed by atoms with Gasteiger partial charge in [-0.2, -0.15) is 5.01 Å². The Kier molecular flexibility index (Phi) is 8.77. The van der Waals surface area contributed by atoms with Gasteiger partial charge in [-0.25, -0.2) is 5.43 Å². The van der Waals surface area contributed by atoms with Crippen molar-refractivity contribution < 1.29 is 4.42 Å². The molecule has 3 atom stereocenters. The SMILES string of the molecule is C(=NC(c1cccc(Nc2cc(-c3cccc4c3oc3ccccc34)ccc2-c2cccc(-c3ccccc3)c2)c1)N1NC1c1ccccc1)c1ccccc1. The van der Waals surface area contributed by atoms with Crippen LogP contribution in [0.4, 0.5) is 11.4 Å². The highest BCUT2D eigenvalue weighted by molar-refractivity contribution is 6.09. The van der Waals surface area contributed by atoms with Crippen LogP contribution in [0.25, 0.3) is 55.3 Å². The topological polar surface area (TPSA) is 62.5 Å². The Balaban J connectivity index is 1.06. The predicted octanol–water partition coefficient (Wildman–Crippen LogP) is 13.0. The van der Waals surface area contributed by atoms with Crippen molar-refractivity contribution in [3.63, 3.8) is 0 Å². The van der Waals surface area contributed by atoms with E-state index >= 15 is 0 Å². The van der Waals surface area contributed by atoms with Crippen molar-refractivity contribution >= 4 is 39.5 Å². The first-order valence-electron chi connectivity index (χ1n) is 19.0. The van der Waals surface area contributed by atoms with Gasteiger partial charge in [0.05, 0.1) is 0 Å². The molecule has 5 nitrogen and oxygen atoms in total. The maximum absolute atomic E-state index is 6.50. The Bertz CT molecular complexity index is 2830. The largest absolute Gasteiger partial charge is 0.455 e. The standard InChI is InChI=1S/C51H38N4O/c1-4-15-35(16-5-1)34-52-50(55-51(54-55)37-19-8-3-9-20-37)41-23-13-24-42(32-41)53-47-33-40(44-26-14-27-46-45-25-10-11-28-48(45)56-49(44)46)29-30-43(47)39-22-12-21-38(31-39)36-17-6-2-7-18-36/h1-34,50-51,53-54H. The summed E-state index contributed by atoms with van der Waals surface area (Å²) < 4.78 is 6.50. The van der Waals surface area contributed by atoms with E-state index in [9.17, 15) is 0 Å². The van der Waals surface area contributed by atoms with Gasteiger partial charge in [0.2, 0.25) is 0 Å². The summed E-state index contributed by atoms with van der Waals surface area (Å²) in [5, 5.41) is 8.31. The van der Waals surface area contributed by atoms with Crippen molar-refractivity contribution in [2.75, 3.05) is 5.32 Å². The molecule has 56 heavy (non-hydrogen) atoms. The highest BCUT2D eigenvalue weighted by Crippen LogP contribution is 2.42. The normalized spacial score (nSPS) is 15.6. The van der Waals surface area contributed by atoms with Crippen molar-refractivity contribution in [3.8, 4) is 33.4 Å². The third-order valence-corrected chi connectivity index (χ3v) is 10.5. The summed E-state index contributed by atoms with van der Waals surface area (Å²) in [7, 11) is 0. The van der Waals surface area contributed by atoms with E-state index in [1.54, 1.807) is 0 Å². The number of rotatable bonds is 10. The van der Waals surface area contributed by atoms with Crippen LogP contribution in [0, 0.1) is 0 Å². The van der Waals surface area contributed by atoms with E-state index in [0.717, 1.165) is 66.7 Å². The van der Waals surface area contributed by atoms with Crippen LogP contribution >= 0.6 is 0 Å². The van der Waals surface area contributed by atoms with Crippen LogP contribution in [0.3, 0.4) is 0 Å². The van der Waals surface area contributed by atoms with Crippen molar-refractivity contribution in [2.24, 2.45) is 4.99 Å². The predicted molar refractivity (Wildman–Crippen MR) is 231 cm³/mol. The first-order chi connectivity index (χ1) is 27.7. The Morgan fingerprint density at radius 1 is 0.554 bits per heavy atom. The fourth-order valence-electron chi connectivity index (χ4n) is 7.68. The lowest BCUT2D eigenvalue weighted by atomic mass is 9.94. The molecular weight excluding hydrogens is 685 g/mol. The van der Waals surface area contributed by atoms with Crippen LogP contribution in [0.2, 0.25) is 0 Å². The van der Waals surface area contributed by atoms with E-state index < -0.39 is 0 Å². The minimum Gasteiger partial charge on any atom is -0.455 e. The molecule has 2 heterocycles. The van der Waals surface area contributed by atoms with E-state index in [0.29, 0.717) is 0 Å². The van der Waals surface area contributed by atoms with Crippen LogP contribution in [-0.2, 0) is 0 Å². The van der Waals surface area contributed by atoms with Gasteiger partial charge >= 0.3 is 0 Å². The van der Waals surface area contributed by atoms with E-state index in [1.165, 1.54) is 16.7 Å². The minimum atomic E-state index is -0.249. The maximum atomic E-state index is 6.50. The van der Waals surface area contributed by atoms with Gasteiger partial charge in [0.25, 0.3) is 0 Å². The molecule has 0 amide bonds. The van der Waals surface area contributed by atoms with Gasteiger partial charge in [0.1, 0.15) is 23.5 Å². The lowest BCUT2D eigenvalue weighted by molar-refractivity contribution is 0.372. The highest BCUT2D eigenvalue weighted by atomic mass is 16.3. The number of fused-ring (bicyclic) bond motifs is 3. The lowest BCUT2D eigenvalue weighted by Gasteiger charge is -2.18. The first-order valence-corrected chi connectivity index (χ1v) is 19.0. The number of benzene rings is 8. The summed E-state index contributed by atoms with van der Waals surface area (Å²) in [6.45, 7) is 0. The second-order valence-corrected chi connectivity index (χ2v) is 14.2. The van der Waals surface area contributed by atoms with E-state index in [2.05, 4.69) is 186 Å². The third kappa shape index (κ3) is 6.67. The number of hydrazine groups is 1. The average Bonchev–Trinajstić information content (AvgIpc) is 3.96. The molecule has 1 aliphatic heterocycles. The van der Waals surface area contributed by atoms with Crippen LogP contribution in [-0.4, -0.2) is 11.2 Å². The fraction of sp³-hybridized carbons (Fsp3) is 0.0392. The molecule has 2 N–H and O–H groups in total. The average molecular weight is 723 g/mol. The third-order valence-electron chi connectivity index (χ3n) is 10.5. The van der Waals surface area contributed by atoms with Crippen LogP contribution in [0.15, 0.2) is 210 Å². The first kappa shape index (κ1) is 33.5. The van der Waals surface area contributed by atoms with Crippen LogP contribution < -0.4 is 10.7 Å². The molecule has 1 fully saturated rings. The molecule has 0 radical (unpaired) electrons. The molecule has 0 spiro atoms. The molecule has 9 aromatic rings. The number of hydrogen-bond acceptors (Lipinski definition) is 5. The van der Waals surface area contributed by atoms with Gasteiger partial charge in [-0.15, -0.1) is 0 Å². The monoisotopic (exact) mass is 722 g/mol. The highest BCUT2D eigenvalue weighted by Gasteiger charge is 2.41. The number of furan rings is 1. The van der Waals surface area contributed by atoms with Crippen molar-refractivity contribution in [1.29, 1.82) is 0 Å². The van der Waals surface area contributed by atoms with Gasteiger partial charge in [-0.05, 0) is 69.3 Å². The molecule has 5 heteroatoms. The molecule has 1 aliphatic rings. The molecular formula is C51H38N4O. The van der Waals surface area contributed by atoms with E-state index in [-0.39, 0.29) is 12.3 Å². The van der Waals surface area contributed by atoms with E-state index in [1.807, 2.05) is 36.5 Å². The Morgan fingerprint density at radius 3 is 2.09 bits per heavy atom. The van der Waals surface area contributed by atoms with Gasteiger partial charge in [0.15, 0.2) is 0 Å². The Hall–Kier alpha value is -7.05.